The van der Waals surface area contributed by atoms with Gasteiger partial charge in [-0.25, -0.2) is 18.1 Å². The average molecular weight is 671 g/mol. The van der Waals surface area contributed by atoms with Crippen molar-refractivity contribution >= 4 is 27.6 Å². The molecule has 1 fully saturated rings. The molecule has 0 spiro atoms. The third-order valence-electron chi connectivity index (χ3n) is 8.57. The number of carbonyl (C=O) groups is 1. The smallest absolute Gasteiger partial charge is 0.264 e. The number of fused-ring (bicyclic) bond motifs is 4. The van der Waals surface area contributed by atoms with Gasteiger partial charge in [-0.2, -0.15) is 4.98 Å². The fourth-order valence-electron chi connectivity index (χ4n) is 6.35. The van der Waals surface area contributed by atoms with Crippen LogP contribution in [0.1, 0.15) is 54.4 Å². The molecule has 48 heavy (non-hydrogen) atoms. The predicted molar refractivity (Wildman–Crippen MR) is 185 cm³/mol. The number of rotatable bonds is 5. The fourth-order valence-corrected chi connectivity index (χ4v) is 7.34. The molecule has 252 valence electrons. The van der Waals surface area contributed by atoms with Crippen molar-refractivity contribution in [1.29, 1.82) is 0 Å². The number of amides is 1. The molecule has 4 aromatic rings. The lowest BCUT2D eigenvalue weighted by molar-refractivity contribution is 0.0509. The lowest BCUT2D eigenvalue weighted by Gasteiger charge is -2.37. The molecule has 1 amide bonds. The Balaban J connectivity index is 1.49. The minimum Gasteiger partial charge on any atom is -0.475 e. The molecular weight excluding hydrogens is 629 g/mol. The van der Waals surface area contributed by atoms with Gasteiger partial charge in [0.05, 0.1) is 47.8 Å². The van der Waals surface area contributed by atoms with E-state index < -0.39 is 16.1 Å². The topological polar surface area (TPSA) is 127 Å². The van der Waals surface area contributed by atoms with Gasteiger partial charge in [0.2, 0.25) is 11.8 Å². The van der Waals surface area contributed by atoms with E-state index >= 15 is 0 Å². The molecule has 2 aromatic carbocycles. The summed E-state index contributed by atoms with van der Waals surface area (Å²) in [7, 11) is -4.17. The molecule has 12 heteroatoms. The first-order chi connectivity index (χ1) is 22.9. The summed E-state index contributed by atoms with van der Waals surface area (Å²) in [5.41, 5.74) is 5.08. The maximum Gasteiger partial charge on any atom is 0.264 e. The van der Waals surface area contributed by atoms with Gasteiger partial charge in [-0.05, 0) is 67.1 Å². The molecular formula is C36H42N6O5S. The van der Waals surface area contributed by atoms with Crippen LogP contribution in [0.25, 0.3) is 11.3 Å². The number of pyridine rings is 1. The quantitative estimate of drug-likeness (QED) is 0.287. The first-order valence-electron chi connectivity index (χ1n) is 16.2. The van der Waals surface area contributed by atoms with Gasteiger partial charge in [-0.1, -0.05) is 45.0 Å². The van der Waals surface area contributed by atoms with Gasteiger partial charge in [0.1, 0.15) is 6.61 Å². The van der Waals surface area contributed by atoms with Gasteiger partial charge in [-0.15, -0.1) is 0 Å². The number of hydrogen-bond acceptors (Lipinski definition) is 9. The molecule has 1 atom stereocenters. The van der Waals surface area contributed by atoms with Crippen molar-refractivity contribution in [3.8, 4) is 17.1 Å². The first kappa shape index (κ1) is 33.4. The molecule has 0 radical (unpaired) electrons. The second-order valence-electron chi connectivity index (χ2n) is 13.5. The van der Waals surface area contributed by atoms with Crippen LogP contribution in [0.3, 0.4) is 0 Å². The van der Waals surface area contributed by atoms with Gasteiger partial charge in [0, 0.05) is 36.5 Å². The zero-order valence-electron chi connectivity index (χ0n) is 28.1. The molecule has 6 rings (SSSR count). The van der Waals surface area contributed by atoms with Crippen molar-refractivity contribution < 1.29 is 22.7 Å². The molecule has 4 heterocycles. The summed E-state index contributed by atoms with van der Waals surface area (Å²) >= 11 is 0. The normalized spacial score (nSPS) is 18.2. The Morgan fingerprint density at radius 2 is 1.69 bits per heavy atom. The zero-order valence-corrected chi connectivity index (χ0v) is 28.9. The minimum atomic E-state index is -4.17. The Labute approximate surface area is 282 Å². The standard InChI is InChI=1S/C36H42N6O5S/c1-24-9-6-10-25(2)33(24)29-20-32-39-35(38-29)40-48(44,45)28-12-7-11-26(19-28)34(43)42(27(23-47-32)21-36(3,4)5)22-30-31(13-8-14-37-30)41-15-17-46-18-16-41/h6-14,19-20,27H,15-18,21-23H2,1-5H3,(H,38,39,40)/t27-/m1/s1. The maximum atomic E-state index is 14.6. The van der Waals surface area contributed by atoms with E-state index in [-0.39, 0.29) is 46.8 Å². The van der Waals surface area contributed by atoms with Crippen molar-refractivity contribution in [3.63, 3.8) is 0 Å². The number of aryl methyl sites for hydroxylation is 2. The van der Waals surface area contributed by atoms with Gasteiger partial charge in [-0.3, -0.25) is 9.78 Å². The Kier molecular flexibility index (Phi) is 9.39. The Morgan fingerprint density at radius 1 is 0.958 bits per heavy atom. The van der Waals surface area contributed by atoms with Crippen LogP contribution < -0.4 is 14.4 Å². The molecule has 4 bridgehead atoms. The van der Waals surface area contributed by atoms with Crippen LogP contribution in [0.5, 0.6) is 5.88 Å². The largest absolute Gasteiger partial charge is 0.475 e. The number of carbonyl (C=O) groups excluding carboxylic acids is 1. The lowest BCUT2D eigenvalue weighted by Crippen LogP contribution is -2.46. The fraction of sp³-hybridized carbons (Fsp3) is 0.389. The molecule has 0 unspecified atom stereocenters. The molecule has 2 aliphatic rings. The van der Waals surface area contributed by atoms with E-state index in [4.69, 9.17) is 14.5 Å². The second kappa shape index (κ2) is 13.5. The molecule has 0 aliphatic carbocycles. The number of benzene rings is 2. The number of anilines is 2. The van der Waals surface area contributed by atoms with Crippen molar-refractivity contribution in [2.45, 2.75) is 58.5 Å². The number of ether oxygens (including phenoxy) is 2. The maximum absolute atomic E-state index is 14.6. The van der Waals surface area contributed by atoms with E-state index in [1.54, 1.807) is 29.3 Å². The van der Waals surface area contributed by atoms with Gasteiger partial charge < -0.3 is 19.3 Å². The lowest BCUT2D eigenvalue weighted by atomic mass is 9.87. The highest BCUT2D eigenvalue weighted by Crippen LogP contribution is 2.32. The number of morpholine rings is 1. The average Bonchev–Trinajstić information content (AvgIpc) is 3.05. The van der Waals surface area contributed by atoms with Gasteiger partial charge in [0.15, 0.2) is 0 Å². The van der Waals surface area contributed by atoms with E-state index in [1.807, 2.05) is 44.2 Å². The zero-order chi connectivity index (χ0) is 34.1. The third kappa shape index (κ3) is 7.44. The summed E-state index contributed by atoms with van der Waals surface area (Å²) in [5.74, 6) is -0.241. The van der Waals surface area contributed by atoms with Gasteiger partial charge in [0.25, 0.3) is 15.9 Å². The van der Waals surface area contributed by atoms with Crippen LogP contribution >= 0.6 is 0 Å². The van der Waals surface area contributed by atoms with Crippen molar-refractivity contribution in [1.82, 2.24) is 19.9 Å². The molecule has 1 saturated heterocycles. The van der Waals surface area contributed by atoms with Crippen LogP contribution in [-0.2, 0) is 21.3 Å². The summed E-state index contributed by atoms with van der Waals surface area (Å²) in [6.07, 6.45) is 2.33. The van der Waals surface area contributed by atoms with Crippen molar-refractivity contribution in [3.05, 3.63) is 89.2 Å². The number of sulfonamides is 1. The Hall–Kier alpha value is -4.55. The molecule has 1 N–H and O–H groups in total. The van der Waals surface area contributed by atoms with E-state index in [2.05, 4.69) is 40.4 Å². The highest BCUT2D eigenvalue weighted by atomic mass is 32.2. The summed E-state index contributed by atoms with van der Waals surface area (Å²) in [6, 6.07) is 17.2. The number of nitrogens with zero attached hydrogens (tertiary/aromatic N) is 5. The Morgan fingerprint density at radius 3 is 2.42 bits per heavy atom. The van der Waals surface area contributed by atoms with Crippen molar-refractivity contribution in [2.75, 3.05) is 42.5 Å². The third-order valence-corrected chi connectivity index (χ3v) is 9.89. The monoisotopic (exact) mass is 670 g/mol. The van der Waals surface area contributed by atoms with Crippen LogP contribution in [0.15, 0.2) is 71.8 Å². The SMILES string of the molecule is Cc1cccc(C)c1-c1cc2nc(n1)NS(=O)(=O)c1cccc(c1)C(=O)N(Cc1ncccc1N1CCOCC1)[C@H](CC(C)(C)C)CO2. The van der Waals surface area contributed by atoms with E-state index in [0.717, 1.165) is 28.1 Å². The Bertz CT molecular complexity index is 1900. The van der Waals surface area contributed by atoms with E-state index in [1.165, 1.54) is 12.1 Å². The molecule has 2 aromatic heterocycles. The van der Waals surface area contributed by atoms with Crippen LogP contribution in [0, 0.1) is 19.3 Å². The predicted octanol–water partition coefficient (Wildman–Crippen LogP) is 5.63. The molecule has 0 saturated carbocycles. The highest BCUT2D eigenvalue weighted by Gasteiger charge is 2.32. The summed E-state index contributed by atoms with van der Waals surface area (Å²) in [5, 5.41) is 0. The van der Waals surface area contributed by atoms with Crippen LogP contribution in [0.2, 0.25) is 0 Å². The van der Waals surface area contributed by atoms with Crippen molar-refractivity contribution in [2.24, 2.45) is 5.41 Å². The number of nitrogens with one attached hydrogen (secondary N) is 1. The summed E-state index contributed by atoms with van der Waals surface area (Å²) < 4.78 is 42.0. The van der Waals surface area contributed by atoms with Gasteiger partial charge >= 0.3 is 0 Å². The first-order valence-corrected chi connectivity index (χ1v) is 17.7. The minimum absolute atomic E-state index is 0.0738. The highest BCUT2D eigenvalue weighted by molar-refractivity contribution is 7.92. The van der Waals surface area contributed by atoms with E-state index in [0.29, 0.717) is 38.4 Å². The summed E-state index contributed by atoms with van der Waals surface area (Å²) in [4.78, 5) is 32.4. The summed E-state index contributed by atoms with van der Waals surface area (Å²) in [6.45, 7) is 13.3. The van der Waals surface area contributed by atoms with Crippen LogP contribution in [0.4, 0.5) is 11.6 Å². The molecule has 11 nitrogen and oxygen atoms in total. The number of hydrogen-bond donors (Lipinski definition) is 1. The van der Waals surface area contributed by atoms with Crippen LogP contribution in [-0.4, -0.2) is 73.1 Å². The second-order valence-corrected chi connectivity index (χ2v) is 15.2. The number of aromatic nitrogens is 3. The molecule has 2 aliphatic heterocycles. The van der Waals surface area contributed by atoms with E-state index in [9.17, 15) is 13.2 Å².